The Morgan fingerprint density at radius 2 is 1.88 bits per heavy atom. The van der Waals surface area contributed by atoms with Crippen molar-refractivity contribution in [3.8, 4) is 5.75 Å². The van der Waals surface area contributed by atoms with E-state index in [2.05, 4.69) is 10.6 Å². The predicted octanol–water partition coefficient (Wildman–Crippen LogP) is 2.07. The number of rotatable bonds is 9. The van der Waals surface area contributed by atoms with E-state index < -0.39 is 0 Å². The molecule has 6 nitrogen and oxygen atoms in total. The summed E-state index contributed by atoms with van der Waals surface area (Å²) in [6.45, 7) is 2.50. The van der Waals surface area contributed by atoms with E-state index in [0.717, 1.165) is 24.8 Å². The van der Waals surface area contributed by atoms with Crippen LogP contribution in [0.5, 0.6) is 5.75 Å². The number of nitrogens with zero attached hydrogens (tertiary/aromatic N) is 1. The van der Waals surface area contributed by atoms with Gasteiger partial charge in [-0.2, -0.15) is 0 Å². The summed E-state index contributed by atoms with van der Waals surface area (Å²) in [4.78, 5) is 23.7. The van der Waals surface area contributed by atoms with Crippen LogP contribution in [0.4, 0.5) is 0 Å². The van der Waals surface area contributed by atoms with Crippen molar-refractivity contribution < 1.29 is 14.3 Å². The number of nitrogens with one attached hydrogen (secondary N) is 2. The van der Waals surface area contributed by atoms with E-state index in [1.54, 1.807) is 0 Å². The van der Waals surface area contributed by atoms with E-state index in [1.807, 2.05) is 60.3 Å². The highest BCUT2D eigenvalue weighted by Gasteiger charge is 2.23. The van der Waals surface area contributed by atoms with Gasteiger partial charge in [0.1, 0.15) is 11.8 Å². The van der Waals surface area contributed by atoms with Crippen LogP contribution in [0.15, 0.2) is 48.8 Å². The SMILES string of the molecule is CC(C(=O)NCCc1ccc(OCC(=O)NC2CC2)cc1)n1cccc1. The van der Waals surface area contributed by atoms with Crippen LogP contribution in [-0.2, 0) is 16.0 Å². The summed E-state index contributed by atoms with van der Waals surface area (Å²) in [6, 6.07) is 11.6. The van der Waals surface area contributed by atoms with E-state index in [1.165, 1.54) is 0 Å². The van der Waals surface area contributed by atoms with Crippen LogP contribution >= 0.6 is 0 Å². The zero-order valence-corrected chi connectivity index (χ0v) is 15.0. The molecule has 1 saturated carbocycles. The molecular formula is C20H25N3O3. The lowest BCUT2D eigenvalue weighted by Gasteiger charge is -2.14. The van der Waals surface area contributed by atoms with Gasteiger partial charge >= 0.3 is 0 Å². The maximum absolute atomic E-state index is 12.1. The first-order valence-electron chi connectivity index (χ1n) is 9.03. The Bertz CT molecular complexity index is 721. The molecule has 1 aromatic carbocycles. The zero-order valence-electron chi connectivity index (χ0n) is 15.0. The lowest BCUT2D eigenvalue weighted by molar-refractivity contribution is -0.124. The van der Waals surface area contributed by atoms with Crippen LogP contribution in [0.2, 0.25) is 0 Å². The molecule has 1 aliphatic carbocycles. The summed E-state index contributed by atoms with van der Waals surface area (Å²) in [5.74, 6) is 0.601. The molecule has 0 spiro atoms. The van der Waals surface area contributed by atoms with Crippen LogP contribution < -0.4 is 15.4 Å². The van der Waals surface area contributed by atoms with Gasteiger partial charge in [0.05, 0.1) is 0 Å². The molecule has 1 unspecified atom stereocenters. The highest BCUT2D eigenvalue weighted by molar-refractivity contribution is 5.79. The van der Waals surface area contributed by atoms with Crippen molar-refractivity contribution in [2.75, 3.05) is 13.2 Å². The highest BCUT2D eigenvalue weighted by Crippen LogP contribution is 2.18. The Labute approximate surface area is 153 Å². The molecule has 1 atom stereocenters. The van der Waals surface area contributed by atoms with Crippen molar-refractivity contribution in [2.24, 2.45) is 0 Å². The first kappa shape index (κ1) is 18.0. The Hall–Kier alpha value is -2.76. The van der Waals surface area contributed by atoms with Crippen molar-refractivity contribution in [3.63, 3.8) is 0 Å². The van der Waals surface area contributed by atoms with E-state index in [0.29, 0.717) is 18.3 Å². The van der Waals surface area contributed by atoms with Gasteiger partial charge < -0.3 is 19.9 Å². The maximum Gasteiger partial charge on any atom is 0.258 e. The van der Waals surface area contributed by atoms with Crippen LogP contribution in [0.25, 0.3) is 0 Å². The van der Waals surface area contributed by atoms with Gasteiger partial charge in [-0.1, -0.05) is 12.1 Å². The third kappa shape index (κ3) is 5.37. The van der Waals surface area contributed by atoms with Gasteiger partial charge in [-0.25, -0.2) is 0 Å². The molecule has 0 bridgehead atoms. The summed E-state index contributed by atoms with van der Waals surface area (Å²) < 4.78 is 7.36. The third-order valence-corrected chi connectivity index (χ3v) is 4.40. The Morgan fingerprint density at radius 1 is 1.19 bits per heavy atom. The summed E-state index contributed by atoms with van der Waals surface area (Å²) in [5, 5.41) is 5.84. The average Bonchev–Trinajstić information content (AvgIpc) is 3.29. The highest BCUT2D eigenvalue weighted by atomic mass is 16.5. The fourth-order valence-electron chi connectivity index (χ4n) is 2.62. The van der Waals surface area contributed by atoms with Gasteiger partial charge in [0.2, 0.25) is 5.91 Å². The molecule has 138 valence electrons. The minimum Gasteiger partial charge on any atom is -0.484 e. The van der Waals surface area contributed by atoms with Crippen molar-refractivity contribution in [1.29, 1.82) is 0 Å². The number of amides is 2. The summed E-state index contributed by atoms with van der Waals surface area (Å²) in [6.07, 6.45) is 6.65. The molecule has 1 heterocycles. The molecule has 1 fully saturated rings. The minimum absolute atomic E-state index is 0.00262. The number of hydrogen-bond acceptors (Lipinski definition) is 3. The number of aromatic nitrogens is 1. The molecule has 0 radical (unpaired) electrons. The number of hydrogen-bond donors (Lipinski definition) is 2. The molecule has 3 rings (SSSR count). The van der Waals surface area contributed by atoms with E-state index in [4.69, 9.17) is 4.74 Å². The quantitative estimate of drug-likeness (QED) is 0.723. The second-order valence-corrected chi connectivity index (χ2v) is 6.62. The standard InChI is InChI=1S/C20H25N3O3/c1-15(23-12-2-3-13-23)20(25)21-11-10-16-4-8-18(9-5-16)26-14-19(24)22-17-6-7-17/h2-5,8-9,12-13,15,17H,6-7,10-11,14H2,1H3,(H,21,25)(H,22,24). The maximum atomic E-state index is 12.1. The number of carbonyl (C=O) groups is 2. The van der Waals surface area contributed by atoms with Gasteiger partial charge in [-0.15, -0.1) is 0 Å². The lowest BCUT2D eigenvalue weighted by atomic mass is 10.1. The Balaban J connectivity index is 1.37. The lowest BCUT2D eigenvalue weighted by Crippen LogP contribution is -2.32. The molecule has 1 aromatic heterocycles. The van der Waals surface area contributed by atoms with Crippen molar-refractivity contribution in [1.82, 2.24) is 15.2 Å². The van der Waals surface area contributed by atoms with E-state index in [-0.39, 0.29) is 24.5 Å². The molecule has 0 saturated heterocycles. The van der Waals surface area contributed by atoms with E-state index in [9.17, 15) is 9.59 Å². The van der Waals surface area contributed by atoms with Gasteiger partial charge in [0, 0.05) is 25.0 Å². The molecule has 6 heteroatoms. The minimum atomic E-state index is -0.220. The zero-order chi connectivity index (χ0) is 18.4. The molecule has 2 aromatic rings. The molecule has 2 amide bonds. The second-order valence-electron chi connectivity index (χ2n) is 6.62. The first-order valence-corrected chi connectivity index (χ1v) is 9.03. The van der Waals surface area contributed by atoms with Gasteiger partial charge in [0.25, 0.3) is 5.91 Å². The molecule has 26 heavy (non-hydrogen) atoms. The van der Waals surface area contributed by atoms with E-state index >= 15 is 0 Å². The number of ether oxygens (including phenoxy) is 1. The van der Waals surface area contributed by atoms with Crippen molar-refractivity contribution in [3.05, 3.63) is 54.4 Å². The van der Waals surface area contributed by atoms with Crippen LogP contribution in [0.1, 0.15) is 31.4 Å². The van der Waals surface area contributed by atoms with Gasteiger partial charge in [-0.05, 0) is 56.0 Å². The van der Waals surface area contributed by atoms with Crippen molar-refractivity contribution in [2.45, 2.75) is 38.3 Å². The Kier molecular flexibility index (Phi) is 5.94. The third-order valence-electron chi connectivity index (χ3n) is 4.40. The van der Waals surface area contributed by atoms with Crippen LogP contribution in [0.3, 0.4) is 0 Å². The monoisotopic (exact) mass is 355 g/mol. The topological polar surface area (TPSA) is 72.4 Å². The molecule has 2 N–H and O–H groups in total. The van der Waals surface area contributed by atoms with Crippen LogP contribution in [-0.4, -0.2) is 35.6 Å². The molecular weight excluding hydrogens is 330 g/mol. The smallest absolute Gasteiger partial charge is 0.258 e. The normalized spacial score (nSPS) is 14.5. The first-order chi connectivity index (χ1) is 12.6. The number of benzene rings is 1. The molecule has 0 aliphatic heterocycles. The summed E-state index contributed by atoms with van der Waals surface area (Å²) in [7, 11) is 0. The van der Waals surface area contributed by atoms with Gasteiger partial charge in [0.15, 0.2) is 6.61 Å². The fraction of sp³-hybridized carbons (Fsp3) is 0.400. The average molecular weight is 355 g/mol. The Morgan fingerprint density at radius 3 is 2.54 bits per heavy atom. The van der Waals surface area contributed by atoms with Crippen molar-refractivity contribution >= 4 is 11.8 Å². The summed E-state index contributed by atoms with van der Waals surface area (Å²) in [5.41, 5.74) is 1.11. The number of carbonyl (C=O) groups excluding carboxylic acids is 2. The van der Waals surface area contributed by atoms with Crippen LogP contribution in [0, 0.1) is 0 Å². The van der Waals surface area contributed by atoms with Gasteiger partial charge in [-0.3, -0.25) is 9.59 Å². The summed E-state index contributed by atoms with van der Waals surface area (Å²) >= 11 is 0. The largest absolute Gasteiger partial charge is 0.484 e. The second kappa shape index (κ2) is 8.56. The fourth-order valence-corrected chi connectivity index (χ4v) is 2.62. The molecule has 1 aliphatic rings. The predicted molar refractivity (Wildman–Crippen MR) is 99.0 cm³/mol.